The SMILES string of the molecule is CCOc1ccc(C2CC(=O)C3=C(C2)NC(=O)CC3c2ccc(OC(C)CC)cc2)cc1. The molecule has 5 nitrogen and oxygen atoms in total. The zero-order valence-corrected chi connectivity index (χ0v) is 19.0. The summed E-state index contributed by atoms with van der Waals surface area (Å²) in [5.41, 5.74) is 3.62. The first-order valence-electron chi connectivity index (χ1n) is 11.5. The number of benzene rings is 2. The lowest BCUT2D eigenvalue weighted by atomic mass is 9.73. The number of hydrogen-bond donors (Lipinski definition) is 1. The first-order valence-corrected chi connectivity index (χ1v) is 11.5. The van der Waals surface area contributed by atoms with Crippen LogP contribution in [0.2, 0.25) is 0 Å². The van der Waals surface area contributed by atoms with Crippen molar-refractivity contribution in [2.24, 2.45) is 0 Å². The maximum atomic E-state index is 13.3. The van der Waals surface area contributed by atoms with Crippen LogP contribution in [0.25, 0.3) is 0 Å². The van der Waals surface area contributed by atoms with Crippen molar-refractivity contribution in [3.63, 3.8) is 0 Å². The Hall–Kier alpha value is -3.08. The van der Waals surface area contributed by atoms with Gasteiger partial charge in [-0.2, -0.15) is 0 Å². The zero-order valence-electron chi connectivity index (χ0n) is 19.0. The second-order valence-corrected chi connectivity index (χ2v) is 8.63. The van der Waals surface area contributed by atoms with Crippen molar-refractivity contribution in [3.05, 3.63) is 70.9 Å². The van der Waals surface area contributed by atoms with Crippen LogP contribution in [-0.4, -0.2) is 24.4 Å². The largest absolute Gasteiger partial charge is 0.494 e. The van der Waals surface area contributed by atoms with Crippen LogP contribution in [0.15, 0.2) is 59.8 Å². The van der Waals surface area contributed by atoms with E-state index in [4.69, 9.17) is 9.47 Å². The lowest BCUT2D eigenvalue weighted by Crippen LogP contribution is -2.38. The van der Waals surface area contributed by atoms with Crippen LogP contribution in [0.4, 0.5) is 0 Å². The Morgan fingerprint density at radius 1 is 0.906 bits per heavy atom. The average molecular weight is 434 g/mol. The molecule has 4 rings (SSSR count). The van der Waals surface area contributed by atoms with Gasteiger partial charge in [0.05, 0.1) is 12.7 Å². The molecule has 0 aromatic heterocycles. The lowest BCUT2D eigenvalue weighted by Gasteiger charge is -2.34. The van der Waals surface area contributed by atoms with Crippen LogP contribution in [0.1, 0.15) is 69.4 Å². The van der Waals surface area contributed by atoms with Gasteiger partial charge in [-0.15, -0.1) is 0 Å². The molecule has 3 unspecified atom stereocenters. The van der Waals surface area contributed by atoms with Crippen LogP contribution in [0.3, 0.4) is 0 Å². The highest BCUT2D eigenvalue weighted by Crippen LogP contribution is 2.43. The molecule has 32 heavy (non-hydrogen) atoms. The molecule has 2 aliphatic rings. The molecule has 0 bridgehead atoms. The number of ketones is 1. The number of carbonyl (C=O) groups excluding carboxylic acids is 2. The molecule has 168 valence electrons. The Labute approximate surface area is 189 Å². The molecule has 1 N–H and O–H groups in total. The van der Waals surface area contributed by atoms with Gasteiger partial charge in [0, 0.05) is 30.0 Å². The Bertz CT molecular complexity index is 1010. The fourth-order valence-electron chi connectivity index (χ4n) is 4.58. The summed E-state index contributed by atoms with van der Waals surface area (Å²) in [5.74, 6) is 1.57. The molecule has 0 saturated heterocycles. The van der Waals surface area contributed by atoms with Gasteiger partial charge in [-0.3, -0.25) is 9.59 Å². The third-order valence-corrected chi connectivity index (χ3v) is 6.39. The quantitative estimate of drug-likeness (QED) is 0.646. The molecule has 2 aromatic rings. The highest BCUT2D eigenvalue weighted by atomic mass is 16.5. The van der Waals surface area contributed by atoms with Crippen LogP contribution >= 0.6 is 0 Å². The number of rotatable bonds is 7. The average Bonchev–Trinajstić information content (AvgIpc) is 2.79. The Morgan fingerprint density at radius 2 is 1.56 bits per heavy atom. The third-order valence-electron chi connectivity index (χ3n) is 6.39. The molecular formula is C27H31NO4. The molecule has 0 saturated carbocycles. The second-order valence-electron chi connectivity index (χ2n) is 8.63. The van der Waals surface area contributed by atoms with Gasteiger partial charge in [-0.25, -0.2) is 0 Å². The van der Waals surface area contributed by atoms with E-state index < -0.39 is 0 Å². The minimum Gasteiger partial charge on any atom is -0.494 e. The van der Waals surface area contributed by atoms with Crippen molar-refractivity contribution in [2.75, 3.05) is 6.61 Å². The molecule has 0 radical (unpaired) electrons. The number of nitrogens with one attached hydrogen (secondary N) is 1. The summed E-state index contributed by atoms with van der Waals surface area (Å²) in [5, 5.41) is 3.00. The standard InChI is InChI=1S/C27H31NO4/c1-4-17(3)32-22-12-8-19(9-13-22)23-16-26(30)28-24-14-20(15-25(29)27(23)24)18-6-10-21(11-7-18)31-5-2/h6-13,17,20,23H,4-5,14-16H2,1-3H3,(H,28,30). The summed E-state index contributed by atoms with van der Waals surface area (Å²) < 4.78 is 11.4. The van der Waals surface area contributed by atoms with E-state index in [1.807, 2.05) is 62.4 Å². The Kier molecular flexibility index (Phi) is 6.63. The molecule has 3 atom stereocenters. The second kappa shape index (κ2) is 9.60. The highest BCUT2D eigenvalue weighted by Gasteiger charge is 2.38. The fourth-order valence-corrected chi connectivity index (χ4v) is 4.58. The van der Waals surface area contributed by atoms with Crippen molar-refractivity contribution < 1.29 is 19.1 Å². The van der Waals surface area contributed by atoms with Crippen molar-refractivity contribution in [1.29, 1.82) is 0 Å². The summed E-state index contributed by atoms with van der Waals surface area (Å²) in [7, 11) is 0. The van der Waals surface area contributed by atoms with Gasteiger partial charge in [0.2, 0.25) is 5.91 Å². The topological polar surface area (TPSA) is 64.6 Å². The number of Topliss-reactive ketones (excluding diaryl/α,β-unsaturated/α-hetero) is 1. The van der Waals surface area contributed by atoms with E-state index in [9.17, 15) is 9.59 Å². The maximum Gasteiger partial charge on any atom is 0.225 e. The van der Waals surface area contributed by atoms with Gasteiger partial charge in [-0.1, -0.05) is 31.2 Å². The Morgan fingerprint density at radius 3 is 2.22 bits per heavy atom. The molecule has 0 spiro atoms. The fraction of sp³-hybridized carbons (Fsp3) is 0.407. The van der Waals surface area contributed by atoms with E-state index in [-0.39, 0.29) is 29.6 Å². The van der Waals surface area contributed by atoms with E-state index >= 15 is 0 Å². The number of ether oxygens (including phenoxy) is 2. The maximum absolute atomic E-state index is 13.3. The predicted octanol–water partition coefficient (Wildman–Crippen LogP) is 5.27. The third kappa shape index (κ3) is 4.72. The van der Waals surface area contributed by atoms with Crippen LogP contribution in [-0.2, 0) is 9.59 Å². The summed E-state index contributed by atoms with van der Waals surface area (Å²) in [6.45, 7) is 6.70. The summed E-state index contributed by atoms with van der Waals surface area (Å²) in [6, 6.07) is 15.8. The first kappa shape index (κ1) is 22.1. The van der Waals surface area contributed by atoms with Crippen molar-refractivity contribution in [3.8, 4) is 11.5 Å². The van der Waals surface area contributed by atoms with Crippen molar-refractivity contribution >= 4 is 11.7 Å². The smallest absolute Gasteiger partial charge is 0.225 e. The monoisotopic (exact) mass is 433 g/mol. The van der Waals surface area contributed by atoms with Gasteiger partial charge in [0.25, 0.3) is 0 Å². The summed E-state index contributed by atoms with van der Waals surface area (Å²) in [6.07, 6.45) is 2.49. The van der Waals surface area contributed by atoms with Gasteiger partial charge < -0.3 is 14.8 Å². The predicted molar refractivity (Wildman–Crippen MR) is 124 cm³/mol. The van der Waals surface area contributed by atoms with E-state index in [1.54, 1.807) is 0 Å². The van der Waals surface area contributed by atoms with Gasteiger partial charge >= 0.3 is 0 Å². The number of carbonyl (C=O) groups is 2. The van der Waals surface area contributed by atoms with Gasteiger partial charge in [-0.05, 0) is 68.0 Å². The van der Waals surface area contributed by atoms with Crippen LogP contribution in [0.5, 0.6) is 11.5 Å². The van der Waals surface area contributed by atoms with E-state index in [2.05, 4.69) is 12.2 Å². The van der Waals surface area contributed by atoms with Gasteiger partial charge in [0.1, 0.15) is 11.5 Å². The molecule has 1 amide bonds. The molecule has 0 fully saturated rings. The molecule has 1 aliphatic heterocycles. The highest BCUT2D eigenvalue weighted by molar-refractivity contribution is 6.02. The molecule has 1 aliphatic carbocycles. The summed E-state index contributed by atoms with van der Waals surface area (Å²) >= 11 is 0. The van der Waals surface area contributed by atoms with Crippen LogP contribution in [0, 0.1) is 0 Å². The molecule has 2 aromatic carbocycles. The summed E-state index contributed by atoms with van der Waals surface area (Å²) in [4.78, 5) is 25.8. The number of hydrogen-bond acceptors (Lipinski definition) is 4. The van der Waals surface area contributed by atoms with E-state index in [1.165, 1.54) is 0 Å². The normalized spacial score (nSPS) is 21.6. The number of allylic oxidation sites excluding steroid dienone is 2. The molecule has 5 heteroatoms. The lowest BCUT2D eigenvalue weighted by molar-refractivity contribution is -0.122. The van der Waals surface area contributed by atoms with Gasteiger partial charge in [0.15, 0.2) is 5.78 Å². The first-order chi connectivity index (χ1) is 15.5. The van der Waals surface area contributed by atoms with Crippen molar-refractivity contribution in [1.82, 2.24) is 5.32 Å². The minimum atomic E-state index is -0.204. The molecular weight excluding hydrogens is 402 g/mol. The zero-order chi connectivity index (χ0) is 22.7. The van der Waals surface area contributed by atoms with Crippen molar-refractivity contribution in [2.45, 2.75) is 64.4 Å². The minimum absolute atomic E-state index is 0.0335. The van der Waals surface area contributed by atoms with Crippen LogP contribution < -0.4 is 14.8 Å². The molecule has 1 heterocycles. The Balaban J connectivity index is 1.57. The number of amides is 1. The van der Waals surface area contributed by atoms with E-state index in [0.29, 0.717) is 25.9 Å². The van der Waals surface area contributed by atoms with E-state index in [0.717, 1.165) is 40.3 Å².